The molecular weight excluding hydrogens is 803 g/mol. The second-order valence-corrected chi connectivity index (χ2v) is 20.2. The van der Waals surface area contributed by atoms with Crippen molar-refractivity contribution < 1.29 is 30.3 Å². The van der Waals surface area contributed by atoms with Gasteiger partial charge in [-0.15, -0.1) is 9.13 Å². The van der Waals surface area contributed by atoms with Gasteiger partial charge in [0.25, 0.3) is 0 Å². The Balaban J connectivity index is 1.13. The summed E-state index contributed by atoms with van der Waals surface area (Å²) in [5.74, 6) is -0.113. The second-order valence-electron chi connectivity index (χ2n) is 20.2. The van der Waals surface area contributed by atoms with Crippen molar-refractivity contribution in [2.45, 2.75) is 91.0 Å². The Morgan fingerprint density at radius 3 is 1.89 bits per heavy atom. The van der Waals surface area contributed by atoms with E-state index in [0.29, 0.717) is 28.4 Å². The predicted molar refractivity (Wildman–Crippen MR) is 270 cm³/mol. The molecule has 12 rings (SSSR count). The van der Waals surface area contributed by atoms with Crippen LogP contribution in [-0.2, 0) is 22.1 Å². The molecule has 3 aliphatic rings. The fourth-order valence-corrected chi connectivity index (χ4v) is 10.5. The number of hydrogen-bond donors (Lipinski definition) is 0. The smallest absolute Gasteiger partial charge is 0.392 e. The number of pyridine rings is 1. The SMILES string of the molecule is [2H]C([2H])([2H])c1cc(-c2cc(C(C)(C)C)cc(C(C)(C)C)c2)ccc1-n1c2[n+]3c4c(cccc41)-c1cc(-c4ccccc4)cc4c1C3(Oc1ccccc1-2)[n+]1ccc(-c2ccc(C(C([2H])([2H])[2H])(C([2H])([2H])[2H])C([2H])([2H])[2H])cc2)cc1-4. The summed E-state index contributed by atoms with van der Waals surface area (Å²) in [4.78, 5) is 0. The van der Waals surface area contributed by atoms with Crippen LogP contribution in [0.1, 0.15) is 106 Å². The average molecular weight is 872 g/mol. The Bertz CT molecular complexity index is 3900. The maximum atomic E-state index is 9.26. The van der Waals surface area contributed by atoms with Crippen molar-refractivity contribution in [1.29, 1.82) is 0 Å². The van der Waals surface area contributed by atoms with Crippen molar-refractivity contribution in [3.63, 3.8) is 0 Å². The predicted octanol–water partition coefficient (Wildman–Crippen LogP) is 14.6. The molecule has 1 spiro atoms. The van der Waals surface area contributed by atoms with Gasteiger partial charge in [0.15, 0.2) is 17.2 Å². The van der Waals surface area contributed by atoms with E-state index in [-0.39, 0.29) is 22.0 Å². The Labute approximate surface area is 406 Å². The van der Waals surface area contributed by atoms with Crippen molar-refractivity contribution >= 4 is 11.0 Å². The number of aromatic nitrogens is 3. The quantitative estimate of drug-likeness (QED) is 0.162. The first-order valence-electron chi connectivity index (χ1n) is 28.6. The highest BCUT2D eigenvalue weighted by molar-refractivity contribution is 5.99. The molecule has 3 aliphatic heterocycles. The van der Waals surface area contributed by atoms with Crippen LogP contribution in [0, 0.1) is 6.85 Å². The van der Waals surface area contributed by atoms with Crippen LogP contribution in [0.2, 0.25) is 0 Å². The van der Waals surface area contributed by atoms with E-state index in [1.807, 2.05) is 91.1 Å². The number of hydrogen-bond acceptors (Lipinski definition) is 1. The summed E-state index contributed by atoms with van der Waals surface area (Å²) in [7, 11) is 0. The van der Waals surface area contributed by atoms with Gasteiger partial charge < -0.3 is 4.74 Å². The molecule has 0 bridgehead atoms. The highest BCUT2D eigenvalue weighted by Gasteiger charge is 2.68. The fourth-order valence-electron chi connectivity index (χ4n) is 10.5. The normalized spacial score (nSPS) is 19.1. The van der Waals surface area contributed by atoms with Crippen molar-refractivity contribution in [1.82, 2.24) is 4.57 Å². The van der Waals surface area contributed by atoms with E-state index < -0.39 is 38.7 Å². The first-order valence-corrected chi connectivity index (χ1v) is 22.6. The topological polar surface area (TPSA) is 21.9 Å². The number of para-hydroxylation sites is 2. The molecule has 4 nitrogen and oxygen atoms in total. The molecule has 0 saturated heterocycles. The van der Waals surface area contributed by atoms with Crippen molar-refractivity contribution in [2.24, 2.45) is 0 Å². The minimum absolute atomic E-state index is 0.162. The Morgan fingerprint density at radius 2 is 1.17 bits per heavy atom. The lowest BCUT2D eigenvalue weighted by atomic mass is 9.79. The van der Waals surface area contributed by atoms with Gasteiger partial charge in [-0.1, -0.05) is 159 Å². The number of imidazole rings is 1. The largest absolute Gasteiger partial charge is 0.499 e. The molecule has 0 aliphatic carbocycles. The Hall–Kier alpha value is -7.04. The summed E-state index contributed by atoms with van der Waals surface area (Å²) in [5, 5.41) is 0. The van der Waals surface area contributed by atoms with Crippen LogP contribution in [0.4, 0.5) is 0 Å². The van der Waals surface area contributed by atoms with Crippen LogP contribution in [0.5, 0.6) is 5.75 Å². The lowest BCUT2D eigenvalue weighted by Gasteiger charge is -2.32. The first kappa shape index (κ1) is 29.5. The van der Waals surface area contributed by atoms with Gasteiger partial charge in [0.1, 0.15) is 22.6 Å². The number of fused-ring (bicyclic) bond motifs is 5. The van der Waals surface area contributed by atoms with E-state index in [0.717, 1.165) is 77.9 Å². The van der Waals surface area contributed by atoms with Crippen LogP contribution < -0.4 is 13.9 Å². The van der Waals surface area contributed by atoms with E-state index in [2.05, 4.69) is 104 Å². The molecule has 66 heavy (non-hydrogen) atoms. The second kappa shape index (κ2) is 13.7. The first-order chi connectivity index (χ1) is 36.5. The van der Waals surface area contributed by atoms with Crippen molar-refractivity contribution in [2.75, 3.05) is 0 Å². The van der Waals surface area contributed by atoms with E-state index in [4.69, 9.17) is 17.1 Å². The number of aryl methyl sites for hydroxylation is 1. The van der Waals surface area contributed by atoms with Gasteiger partial charge in [0.2, 0.25) is 5.69 Å². The molecule has 0 amide bonds. The molecule has 9 aromatic rings. The minimum Gasteiger partial charge on any atom is -0.392 e. The van der Waals surface area contributed by atoms with E-state index in [1.165, 1.54) is 12.1 Å². The van der Waals surface area contributed by atoms with Crippen LogP contribution in [0.15, 0.2) is 164 Å². The molecular formula is C62H57N3O+2. The zero-order valence-corrected chi connectivity index (χ0v) is 37.8. The third-order valence-corrected chi connectivity index (χ3v) is 13.9. The molecule has 0 saturated carbocycles. The molecule has 0 fully saturated rings. The number of benzene rings is 7. The van der Waals surface area contributed by atoms with E-state index in [9.17, 15) is 4.11 Å². The summed E-state index contributed by atoms with van der Waals surface area (Å²) in [5.41, 5.74) is 10.9. The van der Waals surface area contributed by atoms with E-state index in [1.54, 1.807) is 12.1 Å². The Morgan fingerprint density at radius 1 is 0.515 bits per heavy atom. The summed E-state index contributed by atoms with van der Waals surface area (Å²) in [6.45, 7) is 0.384. The third-order valence-electron chi connectivity index (χ3n) is 13.9. The molecule has 1 unspecified atom stereocenters. The van der Waals surface area contributed by atoms with Gasteiger partial charge in [-0.2, -0.15) is 4.57 Å². The van der Waals surface area contributed by atoms with Crippen LogP contribution in [-0.4, -0.2) is 4.57 Å². The summed E-state index contributed by atoms with van der Waals surface area (Å²) in [6.07, 6.45) is 1.95. The van der Waals surface area contributed by atoms with Gasteiger partial charge in [-0.05, 0) is 127 Å². The molecule has 4 heteroatoms. The molecule has 2 aromatic heterocycles. The molecule has 0 N–H and O–H groups in total. The monoisotopic (exact) mass is 872 g/mol. The maximum absolute atomic E-state index is 9.26. The van der Waals surface area contributed by atoms with Gasteiger partial charge >= 0.3 is 11.7 Å². The zero-order chi connectivity index (χ0) is 55.7. The standard InChI is InChI=1S/C62H57N3O/c1-38-31-41(43-32-46(60(5,6)7)37-47(33-43)61(8,9)10)25-28-52(38)64-53-21-16-20-48-50-34-44(39-17-12-11-13-18-39)35-51-54-36-42(40-23-26-45(27-24-40)59(2,3)4)29-30-63(54)62(56(50)51)65(57(48)53)58(64)49-19-14-15-22-55(49)66-62/h11-37H,1-10H3/q+2/i1D3,2D3,3D3,4D3. The molecule has 1 atom stereocenters. The van der Waals surface area contributed by atoms with Crippen molar-refractivity contribution in [3.05, 3.63) is 192 Å². The maximum Gasteiger partial charge on any atom is 0.499 e. The molecule has 324 valence electrons. The summed E-state index contributed by atoms with van der Waals surface area (Å²) >= 11 is 0. The number of rotatable bonds is 4. The zero-order valence-electron chi connectivity index (χ0n) is 49.8. The van der Waals surface area contributed by atoms with Gasteiger partial charge in [0.05, 0.1) is 5.56 Å². The number of nitrogens with zero attached hydrogens (tertiary/aromatic N) is 3. The van der Waals surface area contributed by atoms with Gasteiger partial charge in [0, 0.05) is 39.7 Å². The third kappa shape index (κ3) is 5.83. The lowest BCUT2D eigenvalue weighted by molar-refractivity contribution is -0.997. The average Bonchev–Trinajstić information content (AvgIpc) is 2.08. The van der Waals surface area contributed by atoms with Crippen molar-refractivity contribution in [3.8, 4) is 78.6 Å². The summed E-state index contributed by atoms with van der Waals surface area (Å²) in [6, 6.07) is 50.6. The van der Waals surface area contributed by atoms with Gasteiger partial charge in [-0.25, -0.2) is 0 Å². The van der Waals surface area contributed by atoms with E-state index >= 15 is 0 Å². The molecule has 5 heterocycles. The Kier molecular flexibility index (Phi) is 6.14. The van der Waals surface area contributed by atoms with Crippen LogP contribution >= 0.6 is 0 Å². The summed E-state index contributed by atoms with van der Waals surface area (Å²) < 4.78 is 117. The highest BCUT2D eigenvalue weighted by Crippen LogP contribution is 2.54. The fraction of sp³-hybridized carbons (Fsp3) is 0.226. The lowest BCUT2D eigenvalue weighted by Crippen LogP contribution is -2.78. The van der Waals surface area contributed by atoms with Crippen LogP contribution in [0.25, 0.3) is 83.9 Å². The minimum atomic E-state index is -3.41. The molecule has 0 radical (unpaired) electrons. The highest BCUT2D eigenvalue weighted by atomic mass is 16.5. The van der Waals surface area contributed by atoms with Gasteiger partial charge in [-0.3, -0.25) is 0 Å². The van der Waals surface area contributed by atoms with Crippen LogP contribution in [0.3, 0.4) is 0 Å². The number of ether oxygens (including phenoxy) is 1. The molecule has 7 aromatic carbocycles.